The summed E-state index contributed by atoms with van der Waals surface area (Å²) >= 11 is 0. The summed E-state index contributed by atoms with van der Waals surface area (Å²) in [7, 11) is 0. The summed E-state index contributed by atoms with van der Waals surface area (Å²) in [6.07, 6.45) is -4.02. The molecular formula is C15H11F3O3. The van der Waals surface area contributed by atoms with Gasteiger partial charge >= 0.3 is 6.36 Å². The first-order valence-electron chi connectivity index (χ1n) is 5.97. The van der Waals surface area contributed by atoms with Crippen LogP contribution in [0.4, 0.5) is 13.2 Å². The molecule has 0 radical (unpaired) electrons. The summed E-state index contributed by atoms with van der Waals surface area (Å²) in [5.41, 5.74) is 1.00. The maximum atomic E-state index is 12.1. The van der Waals surface area contributed by atoms with E-state index in [1.54, 1.807) is 31.2 Å². The Hall–Kier alpha value is -2.50. The van der Waals surface area contributed by atoms with Crippen molar-refractivity contribution >= 4 is 6.29 Å². The molecule has 0 amide bonds. The topological polar surface area (TPSA) is 35.5 Å². The molecule has 110 valence electrons. The number of alkyl halides is 3. The van der Waals surface area contributed by atoms with Gasteiger partial charge in [0, 0.05) is 5.56 Å². The van der Waals surface area contributed by atoms with Gasteiger partial charge in [0.25, 0.3) is 0 Å². The fourth-order valence-electron chi connectivity index (χ4n) is 1.67. The Morgan fingerprint density at radius 1 is 1.00 bits per heavy atom. The van der Waals surface area contributed by atoms with Gasteiger partial charge in [-0.05, 0) is 55.0 Å². The first-order chi connectivity index (χ1) is 9.87. The van der Waals surface area contributed by atoms with Gasteiger partial charge in [-0.2, -0.15) is 0 Å². The van der Waals surface area contributed by atoms with E-state index in [1.165, 1.54) is 18.2 Å². The quantitative estimate of drug-likeness (QED) is 0.779. The molecular weight excluding hydrogens is 285 g/mol. The van der Waals surface area contributed by atoms with E-state index in [-0.39, 0.29) is 5.75 Å². The molecule has 2 rings (SSSR count). The highest BCUT2D eigenvalue weighted by Gasteiger charge is 2.31. The highest BCUT2D eigenvalue weighted by atomic mass is 19.4. The van der Waals surface area contributed by atoms with Crippen molar-refractivity contribution in [3.63, 3.8) is 0 Å². The lowest BCUT2D eigenvalue weighted by molar-refractivity contribution is -0.274. The highest BCUT2D eigenvalue weighted by molar-refractivity contribution is 5.74. The number of carbonyl (C=O) groups is 1. The van der Waals surface area contributed by atoms with E-state index >= 15 is 0 Å². The van der Waals surface area contributed by atoms with E-state index in [4.69, 9.17) is 4.74 Å². The number of carbonyl (C=O) groups excluding carboxylic acids is 1. The minimum Gasteiger partial charge on any atom is -0.457 e. The Kier molecular flexibility index (Phi) is 4.16. The van der Waals surface area contributed by atoms with Crippen LogP contribution in [0.25, 0.3) is 0 Å². The van der Waals surface area contributed by atoms with Gasteiger partial charge in [0.2, 0.25) is 0 Å². The monoisotopic (exact) mass is 296 g/mol. The van der Waals surface area contributed by atoms with Crippen molar-refractivity contribution in [2.75, 3.05) is 0 Å². The molecule has 6 heteroatoms. The lowest BCUT2D eigenvalue weighted by atomic mass is 10.2. The summed E-state index contributed by atoms with van der Waals surface area (Å²) in [5.74, 6) is 0.584. The molecule has 3 nitrogen and oxygen atoms in total. The highest BCUT2D eigenvalue weighted by Crippen LogP contribution is 2.30. The molecule has 2 aromatic carbocycles. The predicted octanol–water partition coefficient (Wildman–Crippen LogP) is 4.50. The summed E-state index contributed by atoms with van der Waals surface area (Å²) in [6, 6.07) is 10.2. The minimum absolute atomic E-state index is 0.302. The number of halogens is 3. The van der Waals surface area contributed by atoms with Crippen LogP contribution in [-0.2, 0) is 0 Å². The Balaban J connectivity index is 2.15. The molecule has 0 atom stereocenters. The lowest BCUT2D eigenvalue weighted by Crippen LogP contribution is -2.17. The van der Waals surface area contributed by atoms with Crippen LogP contribution in [0.1, 0.15) is 15.9 Å². The number of benzene rings is 2. The number of aldehydes is 1. The third-order valence-corrected chi connectivity index (χ3v) is 2.62. The van der Waals surface area contributed by atoms with Crippen LogP contribution in [0.2, 0.25) is 0 Å². The average molecular weight is 296 g/mol. The van der Waals surface area contributed by atoms with Crippen LogP contribution >= 0.6 is 0 Å². The molecule has 21 heavy (non-hydrogen) atoms. The van der Waals surface area contributed by atoms with Gasteiger partial charge in [-0.3, -0.25) is 4.79 Å². The van der Waals surface area contributed by atoms with Gasteiger partial charge in [-0.25, -0.2) is 0 Å². The van der Waals surface area contributed by atoms with E-state index in [0.717, 1.165) is 0 Å². The molecule has 0 saturated carbocycles. The van der Waals surface area contributed by atoms with Crippen molar-refractivity contribution in [1.82, 2.24) is 0 Å². The van der Waals surface area contributed by atoms with Gasteiger partial charge in [0.1, 0.15) is 23.5 Å². The zero-order valence-corrected chi connectivity index (χ0v) is 11.0. The molecule has 0 saturated heterocycles. The molecule has 0 unspecified atom stereocenters. The molecule has 0 bridgehead atoms. The molecule has 2 aromatic rings. The molecule has 0 spiro atoms. The van der Waals surface area contributed by atoms with Crippen molar-refractivity contribution in [2.24, 2.45) is 0 Å². The van der Waals surface area contributed by atoms with E-state index in [2.05, 4.69) is 4.74 Å². The van der Waals surface area contributed by atoms with Crippen LogP contribution in [-0.4, -0.2) is 12.6 Å². The smallest absolute Gasteiger partial charge is 0.457 e. The summed E-state index contributed by atoms with van der Waals surface area (Å²) in [6.45, 7) is 1.61. The van der Waals surface area contributed by atoms with Crippen LogP contribution < -0.4 is 9.47 Å². The largest absolute Gasteiger partial charge is 0.573 e. The van der Waals surface area contributed by atoms with Gasteiger partial charge in [-0.15, -0.1) is 13.2 Å². The minimum atomic E-state index is -4.72. The van der Waals surface area contributed by atoms with Gasteiger partial charge in [-0.1, -0.05) is 0 Å². The standard InChI is InChI=1S/C15H11F3O3/c1-10-8-13(21-15(16,17)18)6-7-14(10)20-12-4-2-11(9-19)3-5-12/h2-9H,1H3. The zero-order valence-electron chi connectivity index (χ0n) is 11.0. The number of hydrogen-bond donors (Lipinski definition) is 0. The Morgan fingerprint density at radius 3 is 2.14 bits per heavy atom. The molecule has 0 aliphatic heterocycles. The van der Waals surface area contributed by atoms with Crippen LogP contribution in [0.3, 0.4) is 0 Å². The van der Waals surface area contributed by atoms with E-state index in [1.807, 2.05) is 0 Å². The summed E-state index contributed by atoms with van der Waals surface area (Å²) in [4.78, 5) is 10.5. The molecule has 0 aliphatic carbocycles. The Morgan fingerprint density at radius 2 is 1.62 bits per heavy atom. The maximum absolute atomic E-state index is 12.1. The molecule has 0 N–H and O–H groups in total. The molecule has 0 aromatic heterocycles. The number of aryl methyl sites for hydroxylation is 1. The van der Waals surface area contributed by atoms with Crippen molar-refractivity contribution in [2.45, 2.75) is 13.3 Å². The van der Waals surface area contributed by atoms with E-state index in [0.29, 0.717) is 28.9 Å². The van der Waals surface area contributed by atoms with Gasteiger partial charge < -0.3 is 9.47 Å². The van der Waals surface area contributed by atoms with Crippen LogP contribution in [0, 0.1) is 6.92 Å². The SMILES string of the molecule is Cc1cc(OC(F)(F)F)ccc1Oc1ccc(C=O)cc1. The maximum Gasteiger partial charge on any atom is 0.573 e. The van der Waals surface area contributed by atoms with E-state index < -0.39 is 6.36 Å². The lowest BCUT2D eigenvalue weighted by Gasteiger charge is -2.12. The predicted molar refractivity (Wildman–Crippen MR) is 69.8 cm³/mol. The molecule has 0 heterocycles. The number of rotatable bonds is 4. The molecule has 0 fully saturated rings. The van der Waals surface area contributed by atoms with Crippen molar-refractivity contribution in [1.29, 1.82) is 0 Å². The first kappa shape index (κ1) is 14.9. The third kappa shape index (κ3) is 4.24. The van der Waals surface area contributed by atoms with Crippen molar-refractivity contribution in [3.8, 4) is 17.2 Å². The second-order valence-corrected chi connectivity index (χ2v) is 4.26. The van der Waals surface area contributed by atoms with E-state index in [9.17, 15) is 18.0 Å². The second-order valence-electron chi connectivity index (χ2n) is 4.26. The Labute approximate surface area is 118 Å². The third-order valence-electron chi connectivity index (χ3n) is 2.62. The second kappa shape index (κ2) is 5.87. The molecule has 0 aliphatic rings. The van der Waals surface area contributed by atoms with Crippen LogP contribution in [0.5, 0.6) is 17.2 Å². The summed E-state index contributed by atoms with van der Waals surface area (Å²) in [5, 5.41) is 0. The van der Waals surface area contributed by atoms with Crippen molar-refractivity contribution in [3.05, 3.63) is 53.6 Å². The van der Waals surface area contributed by atoms with Crippen LogP contribution in [0.15, 0.2) is 42.5 Å². The fourth-order valence-corrected chi connectivity index (χ4v) is 1.67. The van der Waals surface area contributed by atoms with Crippen molar-refractivity contribution < 1.29 is 27.4 Å². The normalized spacial score (nSPS) is 11.0. The summed E-state index contributed by atoms with van der Waals surface area (Å²) < 4.78 is 45.7. The number of ether oxygens (including phenoxy) is 2. The van der Waals surface area contributed by atoms with Gasteiger partial charge in [0.05, 0.1) is 0 Å². The zero-order chi connectivity index (χ0) is 15.5. The van der Waals surface area contributed by atoms with Gasteiger partial charge in [0.15, 0.2) is 0 Å². The fraction of sp³-hybridized carbons (Fsp3) is 0.133. The first-order valence-corrected chi connectivity index (χ1v) is 5.97. The Bertz CT molecular complexity index is 634. The average Bonchev–Trinajstić information content (AvgIpc) is 2.41. The number of hydrogen-bond acceptors (Lipinski definition) is 3.